The number of Topliss-reactive ketones (excluding diaryl/α,β-unsaturated/α-hetero) is 1. The molecule has 1 aromatic carbocycles. The Bertz CT molecular complexity index is 443. The van der Waals surface area contributed by atoms with Crippen molar-refractivity contribution in [1.29, 1.82) is 0 Å². The standard InChI is InChI=1S/C12H12ClFO3/c1-3-17-12(16)9-6-4-5-8(10(9)14)11(15)7(2)13/h4-7H,3H2,1-2H3. The fraction of sp³-hybridized carbons (Fsp3) is 0.333. The topological polar surface area (TPSA) is 43.4 Å². The van der Waals surface area contributed by atoms with Gasteiger partial charge in [-0.05, 0) is 26.0 Å². The monoisotopic (exact) mass is 258 g/mol. The molecule has 0 N–H and O–H groups in total. The molecule has 0 amide bonds. The van der Waals surface area contributed by atoms with Gasteiger partial charge in [-0.15, -0.1) is 11.6 Å². The van der Waals surface area contributed by atoms with Crippen LogP contribution in [0.3, 0.4) is 0 Å². The van der Waals surface area contributed by atoms with Gasteiger partial charge in [-0.3, -0.25) is 4.79 Å². The zero-order chi connectivity index (χ0) is 13.0. The number of hydrogen-bond acceptors (Lipinski definition) is 3. The third kappa shape index (κ3) is 3.03. The van der Waals surface area contributed by atoms with E-state index in [-0.39, 0.29) is 17.7 Å². The lowest BCUT2D eigenvalue weighted by Crippen LogP contribution is -2.16. The molecule has 1 atom stereocenters. The van der Waals surface area contributed by atoms with E-state index in [0.29, 0.717) is 0 Å². The van der Waals surface area contributed by atoms with Crippen LogP contribution < -0.4 is 0 Å². The Hall–Kier alpha value is -1.42. The summed E-state index contributed by atoms with van der Waals surface area (Å²) in [6.07, 6.45) is 0. The Labute approximate surface area is 104 Å². The van der Waals surface area contributed by atoms with Crippen molar-refractivity contribution in [1.82, 2.24) is 0 Å². The van der Waals surface area contributed by atoms with Gasteiger partial charge in [0.05, 0.1) is 23.1 Å². The summed E-state index contributed by atoms with van der Waals surface area (Å²) < 4.78 is 18.6. The molecule has 0 bridgehead atoms. The third-order valence-electron chi connectivity index (χ3n) is 2.12. The molecule has 5 heteroatoms. The van der Waals surface area contributed by atoms with Gasteiger partial charge < -0.3 is 4.74 Å². The van der Waals surface area contributed by atoms with E-state index in [1.165, 1.54) is 25.1 Å². The fourth-order valence-electron chi connectivity index (χ4n) is 1.30. The van der Waals surface area contributed by atoms with Gasteiger partial charge in [-0.2, -0.15) is 0 Å². The highest BCUT2D eigenvalue weighted by molar-refractivity contribution is 6.33. The number of rotatable bonds is 4. The first-order valence-electron chi connectivity index (χ1n) is 5.13. The minimum absolute atomic E-state index is 0.141. The van der Waals surface area contributed by atoms with E-state index in [0.717, 1.165) is 0 Å². The maximum atomic E-state index is 13.9. The van der Waals surface area contributed by atoms with Gasteiger partial charge in [0.2, 0.25) is 0 Å². The number of halogens is 2. The smallest absolute Gasteiger partial charge is 0.341 e. The molecule has 1 unspecified atom stereocenters. The number of ketones is 1. The summed E-state index contributed by atoms with van der Waals surface area (Å²) >= 11 is 5.60. The summed E-state index contributed by atoms with van der Waals surface area (Å²) in [5.74, 6) is -2.24. The fourth-order valence-corrected chi connectivity index (χ4v) is 1.42. The molecule has 3 nitrogen and oxygen atoms in total. The molecule has 0 fully saturated rings. The molecule has 0 aliphatic rings. The summed E-state index contributed by atoms with van der Waals surface area (Å²) in [6.45, 7) is 3.20. The zero-order valence-corrected chi connectivity index (χ0v) is 10.3. The molecule has 1 rings (SSSR count). The van der Waals surface area contributed by atoms with Gasteiger partial charge in [0.25, 0.3) is 0 Å². The van der Waals surface area contributed by atoms with E-state index in [1.807, 2.05) is 0 Å². The number of esters is 1. The molecule has 0 saturated carbocycles. The normalized spacial score (nSPS) is 12.0. The van der Waals surface area contributed by atoms with Crippen LogP contribution in [0.1, 0.15) is 34.6 Å². The largest absolute Gasteiger partial charge is 0.462 e. The minimum atomic E-state index is -0.886. The van der Waals surface area contributed by atoms with Crippen LogP contribution in [0, 0.1) is 5.82 Å². The van der Waals surface area contributed by atoms with Crippen molar-refractivity contribution < 1.29 is 18.7 Å². The second-order valence-electron chi connectivity index (χ2n) is 3.37. The molecule has 92 valence electrons. The molecule has 0 aliphatic heterocycles. The SMILES string of the molecule is CCOC(=O)c1cccc(C(=O)C(C)Cl)c1F. The van der Waals surface area contributed by atoms with Crippen molar-refractivity contribution in [2.75, 3.05) is 6.61 Å². The van der Waals surface area contributed by atoms with Gasteiger partial charge >= 0.3 is 5.97 Å². The lowest BCUT2D eigenvalue weighted by atomic mass is 10.0. The number of hydrogen-bond donors (Lipinski definition) is 0. The van der Waals surface area contributed by atoms with Gasteiger partial charge in [-0.1, -0.05) is 6.07 Å². The molecule has 0 spiro atoms. The van der Waals surface area contributed by atoms with Crippen LogP contribution in [0.25, 0.3) is 0 Å². The number of alkyl halides is 1. The zero-order valence-electron chi connectivity index (χ0n) is 9.50. The first-order valence-corrected chi connectivity index (χ1v) is 5.56. The van der Waals surface area contributed by atoms with Crippen LogP contribution in [-0.2, 0) is 4.74 Å². The summed E-state index contributed by atoms with van der Waals surface area (Å²) in [4.78, 5) is 23.0. The Morgan fingerprint density at radius 1 is 1.41 bits per heavy atom. The van der Waals surface area contributed by atoms with Crippen LogP contribution in [0.5, 0.6) is 0 Å². The number of carbonyl (C=O) groups excluding carboxylic acids is 2. The predicted molar refractivity (Wildman–Crippen MR) is 62.0 cm³/mol. The predicted octanol–water partition coefficient (Wildman–Crippen LogP) is 2.81. The van der Waals surface area contributed by atoms with E-state index in [9.17, 15) is 14.0 Å². The Balaban J connectivity index is 3.16. The van der Waals surface area contributed by atoms with Crippen molar-refractivity contribution in [2.45, 2.75) is 19.2 Å². The molecule has 17 heavy (non-hydrogen) atoms. The molecule has 0 heterocycles. The lowest BCUT2D eigenvalue weighted by molar-refractivity contribution is 0.0521. The van der Waals surface area contributed by atoms with E-state index in [1.54, 1.807) is 6.92 Å². The van der Waals surface area contributed by atoms with Crippen molar-refractivity contribution in [2.24, 2.45) is 0 Å². The van der Waals surface area contributed by atoms with Crippen molar-refractivity contribution in [3.05, 3.63) is 35.1 Å². The number of carbonyl (C=O) groups is 2. The highest BCUT2D eigenvalue weighted by Gasteiger charge is 2.22. The van der Waals surface area contributed by atoms with Crippen LogP contribution >= 0.6 is 11.6 Å². The molecule has 0 saturated heterocycles. The summed E-state index contributed by atoms with van der Waals surface area (Å²) in [7, 11) is 0. The maximum Gasteiger partial charge on any atom is 0.341 e. The molecular formula is C12H12ClFO3. The summed E-state index contributed by atoms with van der Waals surface area (Å²) in [5, 5.41) is -0.845. The van der Waals surface area contributed by atoms with Gasteiger partial charge in [-0.25, -0.2) is 9.18 Å². The van der Waals surface area contributed by atoms with Crippen molar-refractivity contribution in [3.8, 4) is 0 Å². The lowest BCUT2D eigenvalue weighted by Gasteiger charge is -2.08. The highest BCUT2D eigenvalue weighted by atomic mass is 35.5. The summed E-state index contributed by atoms with van der Waals surface area (Å²) in [5.41, 5.74) is -0.451. The van der Waals surface area contributed by atoms with Crippen LogP contribution in [-0.4, -0.2) is 23.7 Å². The van der Waals surface area contributed by atoms with Crippen LogP contribution in [0.4, 0.5) is 4.39 Å². The van der Waals surface area contributed by atoms with Crippen LogP contribution in [0.15, 0.2) is 18.2 Å². The molecule has 1 aromatic rings. The third-order valence-corrected chi connectivity index (χ3v) is 2.32. The first kappa shape index (κ1) is 13.6. The van der Waals surface area contributed by atoms with Gasteiger partial charge in [0.15, 0.2) is 5.78 Å². The van der Waals surface area contributed by atoms with Gasteiger partial charge in [0, 0.05) is 0 Å². The number of ether oxygens (including phenoxy) is 1. The van der Waals surface area contributed by atoms with Crippen LogP contribution in [0.2, 0.25) is 0 Å². The Morgan fingerprint density at radius 2 is 2.00 bits per heavy atom. The van der Waals surface area contributed by atoms with E-state index >= 15 is 0 Å². The quantitative estimate of drug-likeness (QED) is 0.474. The molecule has 0 aromatic heterocycles. The maximum absolute atomic E-state index is 13.9. The van der Waals surface area contributed by atoms with E-state index < -0.39 is 22.9 Å². The second kappa shape index (κ2) is 5.77. The van der Waals surface area contributed by atoms with E-state index in [4.69, 9.17) is 11.6 Å². The summed E-state index contributed by atoms with van der Waals surface area (Å²) in [6, 6.07) is 3.98. The average molecular weight is 259 g/mol. The second-order valence-corrected chi connectivity index (χ2v) is 4.02. The van der Waals surface area contributed by atoms with Crippen molar-refractivity contribution >= 4 is 23.4 Å². The van der Waals surface area contributed by atoms with Gasteiger partial charge in [0.1, 0.15) is 5.82 Å². The number of benzene rings is 1. The molecular weight excluding hydrogens is 247 g/mol. The minimum Gasteiger partial charge on any atom is -0.462 e. The van der Waals surface area contributed by atoms with E-state index in [2.05, 4.69) is 4.74 Å². The average Bonchev–Trinajstić information content (AvgIpc) is 2.28. The van der Waals surface area contributed by atoms with Crippen molar-refractivity contribution in [3.63, 3.8) is 0 Å². The Kier molecular flexibility index (Phi) is 4.63. The molecule has 0 radical (unpaired) electrons. The first-order chi connectivity index (χ1) is 7.99. The molecule has 0 aliphatic carbocycles. The Morgan fingerprint density at radius 3 is 2.53 bits per heavy atom. The highest BCUT2D eigenvalue weighted by Crippen LogP contribution is 2.17.